The van der Waals surface area contributed by atoms with E-state index in [2.05, 4.69) is 16.9 Å². The molecule has 0 fully saturated rings. The lowest BCUT2D eigenvalue weighted by Gasteiger charge is -2.12. The predicted molar refractivity (Wildman–Crippen MR) is 82.7 cm³/mol. The van der Waals surface area contributed by atoms with Gasteiger partial charge in [-0.2, -0.15) is 0 Å². The number of fused-ring (bicyclic) bond motifs is 1. The van der Waals surface area contributed by atoms with E-state index < -0.39 is 18.0 Å². The van der Waals surface area contributed by atoms with Crippen LogP contribution in [-0.4, -0.2) is 29.5 Å². The molecule has 0 spiro atoms. The van der Waals surface area contributed by atoms with Crippen molar-refractivity contribution in [1.82, 2.24) is 10.3 Å². The number of hydrogen-bond donors (Lipinski definition) is 2. The molecule has 6 nitrogen and oxygen atoms in total. The van der Waals surface area contributed by atoms with Gasteiger partial charge >= 0.3 is 5.97 Å². The molecule has 0 saturated carbocycles. The van der Waals surface area contributed by atoms with Crippen molar-refractivity contribution in [3.63, 3.8) is 0 Å². The fourth-order valence-electron chi connectivity index (χ4n) is 1.91. The first-order valence-electron chi connectivity index (χ1n) is 6.74. The van der Waals surface area contributed by atoms with E-state index in [-0.39, 0.29) is 17.8 Å². The molecule has 2 aromatic rings. The van der Waals surface area contributed by atoms with Crippen LogP contribution in [0, 0.1) is 0 Å². The van der Waals surface area contributed by atoms with Gasteiger partial charge in [0.25, 0.3) is 11.5 Å². The normalized spacial score (nSPS) is 11.7. The van der Waals surface area contributed by atoms with Gasteiger partial charge in [0.15, 0.2) is 6.10 Å². The summed E-state index contributed by atoms with van der Waals surface area (Å²) in [6.45, 7) is 5.22. The van der Waals surface area contributed by atoms with Crippen molar-refractivity contribution in [3.8, 4) is 0 Å². The van der Waals surface area contributed by atoms with Gasteiger partial charge in [-0.1, -0.05) is 24.3 Å². The summed E-state index contributed by atoms with van der Waals surface area (Å²) in [5.41, 5.74) is -0.374. The summed E-state index contributed by atoms with van der Waals surface area (Å²) >= 11 is 0. The largest absolute Gasteiger partial charge is 0.448 e. The number of pyridine rings is 1. The second-order valence-corrected chi connectivity index (χ2v) is 4.68. The minimum atomic E-state index is -0.970. The number of esters is 1. The van der Waals surface area contributed by atoms with Crippen LogP contribution in [-0.2, 0) is 9.53 Å². The Kier molecular flexibility index (Phi) is 4.73. The fraction of sp³-hybridized carbons (Fsp3) is 0.188. The van der Waals surface area contributed by atoms with Gasteiger partial charge in [-0.05, 0) is 24.4 Å². The van der Waals surface area contributed by atoms with Gasteiger partial charge in [-0.15, -0.1) is 6.58 Å². The van der Waals surface area contributed by atoms with Crippen molar-refractivity contribution in [3.05, 3.63) is 59.0 Å². The number of carbonyl (C=O) groups excluding carboxylic acids is 2. The van der Waals surface area contributed by atoms with E-state index >= 15 is 0 Å². The minimum Gasteiger partial charge on any atom is -0.448 e. The molecule has 1 amide bonds. The average molecular weight is 300 g/mol. The molecule has 2 rings (SSSR count). The van der Waals surface area contributed by atoms with Crippen LogP contribution in [0.1, 0.15) is 17.4 Å². The lowest BCUT2D eigenvalue weighted by atomic mass is 10.1. The number of aromatic nitrogens is 1. The second-order valence-electron chi connectivity index (χ2n) is 4.68. The lowest BCUT2D eigenvalue weighted by Crippen LogP contribution is -2.36. The van der Waals surface area contributed by atoms with E-state index in [0.29, 0.717) is 10.8 Å². The van der Waals surface area contributed by atoms with Crippen molar-refractivity contribution >= 4 is 22.6 Å². The number of H-pyrrole nitrogens is 1. The van der Waals surface area contributed by atoms with E-state index in [4.69, 9.17) is 4.74 Å². The molecule has 22 heavy (non-hydrogen) atoms. The topological polar surface area (TPSA) is 88.3 Å². The molecule has 1 atom stereocenters. The van der Waals surface area contributed by atoms with E-state index in [1.165, 1.54) is 19.1 Å². The Bertz CT molecular complexity index is 779. The van der Waals surface area contributed by atoms with E-state index in [1.54, 1.807) is 24.3 Å². The third-order valence-electron chi connectivity index (χ3n) is 3.05. The van der Waals surface area contributed by atoms with Gasteiger partial charge in [0, 0.05) is 11.9 Å². The molecule has 0 saturated heterocycles. The molecule has 0 aliphatic carbocycles. The summed E-state index contributed by atoms with van der Waals surface area (Å²) in [4.78, 5) is 38.0. The summed E-state index contributed by atoms with van der Waals surface area (Å²) in [7, 11) is 0. The first-order valence-corrected chi connectivity index (χ1v) is 6.74. The number of nitrogens with one attached hydrogen (secondary N) is 2. The molecule has 0 unspecified atom stereocenters. The molecule has 1 heterocycles. The average Bonchev–Trinajstić information content (AvgIpc) is 2.52. The van der Waals surface area contributed by atoms with Crippen LogP contribution in [0.3, 0.4) is 0 Å². The Hall–Kier alpha value is -2.89. The highest BCUT2D eigenvalue weighted by atomic mass is 16.5. The van der Waals surface area contributed by atoms with Crippen LogP contribution in [0.4, 0.5) is 0 Å². The maximum Gasteiger partial charge on any atom is 0.355 e. The number of benzene rings is 1. The molecule has 6 heteroatoms. The van der Waals surface area contributed by atoms with Gasteiger partial charge in [0.1, 0.15) is 5.69 Å². The van der Waals surface area contributed by atoms with Crippen LogP contribution in [0.25, 0.3) is 10.8 Å². The SMILES string of the molecule is C=CCNC(=O)[C@@H](C)OC(=O)c1cc2ccccc2c(=O)[nH]1. The van der Waals surface area contributed by atoms with Crippen LogP contribution in [0.5, 0.6) is 0 Å². The molecular formula is C16H16N2O4. The fourth-order valence-corrected chi connectivity index (χ4v) is 1.91. The minimum absolute atomic E-state index is 0.00655. The summed E-state index contributed by atoms with van der Waals surface area (Å²) in [6, 6.07) is 8.41. The van der Waals surface area contributed by atoms with Crippen LogP contribution < -0.4 is 10.9 Å². The van der Waals surface area contributed by atoms with Crippen molar-refractivity contribution in [2.75, 3.05) is 6.54 Å². The molecule has 0 aliphatic rings. The van der Waals surface area contributed by atoms with Gasteiger partial charge in [-0.25, -0.2) is 4.79 Å². The summed E-state index contributed by atoms with van der Waals surface area (Å²) in [5, 5.41) is 3.63. The molecule has 0 radical (unpaired) electrons. The van der Waals surface area contributed by atoms with Gasteiger partial charge in [0.05, 0.1) is 0 Å². The quantitative estimate of drug-likeness (QED) is 0.645. The predicted octanol–water partition coefficient (Wildman–Crippen LogP) is 1.38. The van der Waals surface area contributed by atoms with Crippen molar-refractivity contribution in [2.24, 2.45) is 0 Å². The standard InChI is InChI=1S/C16H16N2O4/c1-3-8-17-14(19)10(2)22-16(21)13-9-11-6-4-5-7-12(11)15(20)18-13/h3-7,9-10H,1,8H2,2H3,(H,17,19)(H,18,20)/t10-/m1/s1. The Balaban J connectivity index is 2.18. The van der Waals surface area contributed by atoms with Crippen LogP contribution in [0.2, 0.25) is 0 Å². The number of ether oxygens (including phenoxy) is 1. The monoisotopic (exact) mass is 300 g/mol. The first-order chi connectivity index (χ1) is 10.5. The highest BCUT2D eigenvalue weighted by Gasteiger charge is 2.19. The maximum atomic E-state index is 12.0. The molecule has 2 N–H and O–H groups in total. The smallest absolute Gasteiger partial charge is 0.355 e. The van der Waals surface area contributed by atoms with E-state index in [9.17, 15) is 14.4 Å². The molecule has 1 aromatic carbocycles. The van der Waals surface area contributed by atoms with E-state index in [0.717, 1.165) is 0 Å². The highest BCUT2D eigenvalue weighted by molar-refractivity contribution is 5.94. The highest BCUT2D eigenvalue weighted by Crippen LogP contribution is 2.11. The molecule has 1 aromatic heterocycles. The first kappa shape index (κ1) is 15.5. The van der Waals surface area contributed by atoms with Crippen LogP contribution in [0.15, 0.2) is 47.8 Å². The molecule has 0 aliphatic heterocycles. The second kappa shape index (κ2) is 6.71. The van der Waals surface area contributed by atoms with Crippen molar-refractivity contribution < 1.29 is 14.3 Å². The zero-order valence-electron chi connectivity index (χ0n) is 12.1. The number of hydrogen-bond acceptors (Lipinski definition) is 4. The van der Waals surface area contributed by atoms with Gasteiger partial charge < -0.3 is 15.0 Å². The molecule has 0 bridgehead atoms. The zero-order chi connectivity index (χ0) is 16.1. The van der Waals surface area contributed by atoms with Crippen molar-refractivity contribution in [2.45, 2.75) is 13.0 Å². The van der Waals surface area contributed by atoms with Crippen LogP contribution >= 0.6 is 0 Å². The lowest BCUT2D eigenvalue weighted by molar-refractivity contribution is -0.128. The van der Waals surface area contributed by atoms with Gasteiger partial charge in [0.2, 0.25) is 0 Å². The molecule has 114 valence electrons. The number of amides is 1. The number of rotatable bonds is 5. The Morgan fingerprint density at radius 2 is 2.14 bits per heavy atom. The van der Waals surface area contributed by atoms with Crippen molar-refractivity contribution in [1.29, 1.82) is 0 Å². The number of carbonyl (C=O) groups is 2. The van der Waals surface area contributed by atoms with Gasteiger partial charge in [-0.3, -0.25) is 9.59 Å². The third-order valence-corrected chi connectivity index (χ3v) is 3.05. The molecular weight excluding hydrogens is 284 g/mol. The summed E-state index contributed by atoms with van der Waals surface area (Å²) < 4.78 is 5.04. The Morgan fingerprint density at radius 1 is 1.41 bits per heavy atom. The number of aromatic amines is 1. The zero-order valence-corrected chi connectivity index (χ0v) is 12.1. The third kappa shape index (κ3) is 3.41. The Labute approximate surface area is 126 Å². The summed E-state index contributed by atoms with van der Waals surface area (Å²) in [5.74, 6) is -1.19. The maximum absolute atomic E-state index is 12.0. The van der Waals surface area contributed by atoms with E-state index in [1.807, 2.05) is 0 Å². The summed E-state index contributed by atoms with van der Waals surface area (Å²) in [6.07, 6.45) is 0.551. The Morgan fingerprint density at radius 3 is 2.86 bits per heavy atom.